The zero-order valence-electron chi connectivity index (χ0n) is 15.9. The Morgan fingerprint density at radius 3 is 2.14 bits per heavy atom. The van der Waals surface area contributed by atoms with Gasteiger partial charge in [-0.25, -0.2) is 15.0 Å². The second-order valence-corrected chi connectivity index (χ2v) is 6.12. The third kappa shape index (κ3) is 4.50. The SMILES string of the molecule is COc1ncccc1-c1cccnc1Oc1ccc(OCc2ccccc2)nc1. The molecule has 0 amide bonds. The van der Waals surface area contributed by atoms with Gasteiger partial charge in [-0.2, -0.15) is 0 Å². The molecule has 6 nitrogen and oxygen atoms in total. The smallest absolute Gasteiger partial charge is 0.227 e. The molecular weight excluding hydrogens is 366 g/mol. The summed E-state index contributed by atoms with van der Waals surface area (Å²) in [7, 11) is 1.58. The molecule has 6 heteroatoms. The van der Waals surface area contributed by atoms with Crippen LogP contribution in [-0.4, -0.2) is 22.1 Å². The van der Waals surface area contributed by atoms with E-state index in [0.717, 1.165) is 16.7 Å². The van der Waals surface area contributed by atoms with E-state index in [9.17, 15) is 0 Å². The summed E-state index contributed by atoms with van der Waals surface area (Å²) >= 11 is 0. The first-order valence-electron chi connectivity index (χ1n) is 9.08. The number of benzene rings is 1. The molecule has 144 valence electrons. The van der Waals surface area contributed by atoms with Gasteiger partial charge in [-0.05, 0) is 35.9 Å². The lowest BCUT2D eigenvalue weighted by molar-refractivity contribution is 0.293. The van der Waals surface area contributed by atoms with Crippen LogP contribution in [0, 0.1) is 0 Å². The quantitative estimate of drug-likeness (QED) is 0.450. The lowest BCUT2D eigenvalue weighted by Gasteiger charge is -2.12. The number of ether oxygens (including phenoxy) is 3. The number of pyridine rings is 3. The van der Waals surface area contributed by atoms with E-state index in [1.807, 2.05) is 54.6 Å². The van der Waals surface area contributed by atoms with Crippen LogP contribution in [0.3, 0.4) is 0 Å². The molecule has 0 bridgehead atoms. The van der Waals surface area contributed by atoms with Gasteiger partial charge >= 0.3 is 0 Å². The average molecular weight is 385 g/mol. The third-order valence-corrected chi connectivity index (χ3v) is 4.18. The maximum atomic E-state index is 5.97. The van der Waals surface area contributed by atoms with Gasteiger partial charge in [0.1, 0.15) is 12.4 Å². The fourth-order valence-corrected chi connectivity index (χ4v) is 2.79. The van der Waals surface area contributed by atoms with Crippen LogP contribution in [0.2, 0.25) is 0 Å². The molecule has 29 heavy (non-hydrogen) atoms. The van der Waals surface area contributed by atoms with Gasteiger partial charge < -0.3 is 14.2 Å². The number of hydrogen-bond donors (Lipinski definition) is 0. The fourth-order valence-electron chi connectivity index (χ4n) is 2.79. The summed E-state index contributed by atoms with van der Waals surface area (Å²) in [4.78, 5) is 12.9. The van der Waals surface area contributed by atoms with Crippen molar-refractivity contribution in [2.24, 2.45) is 0 Å². The molecule has 3 heterocycles. The second-order valence-electron chi connectivity index (χ2n) is 6.12. The molecule has 0 saturated heterocycles. The highest BCUT2D eigenvalue weighted by molar-refractivity contribution is 5.73. The number of aromatic nitrogens is 3. The van der Waals surface area contributed by atoms with Crippen LogP contribution < -0.4 is 14.2 Å². The summed E-state index contributed by atoms with van der Waals surface area (Å²) in [6.07, 6.45) is 4.96. The van der Waals surface area contributed by atoms with Crippen LogP contribution in [0.5, 0.6) is 23.4 Å². The summed E-state index contributed by atoms with van der Waals surface area (Å²) in [6, 6.07) is 21.0. The van der Waals surface area contributed by atoms with Gasteiger partial charge in [0.15, 0.2) is 0 Å². The Hall–Kier alpha value is -3.93. The van der Waals surface area contributed by atoms with Crippen molar-refractivity contribution < 1.29 is 14.2 Å². The largest absolute Gasteiger partial charge is 0.481 e. The van der Waals surface area contributed by atoms with Crippen molar-refractivity contribution in [1.82, 2.24) is 15.0 Å². The predicted molar refractivity (Wildman–Crippen MR) is 109 cm³/mol. The second kappa shape index (κ2) is 8.84. The van der Waals surface area contributed by atoms with Crippen molar-refractivity contribution in [1.29, 1.82) is 0 Å². The van der Waals surface area contributed by atoms with Crippen molar-refractivity contribution >= 4 is 0 Å². The molecule has 4 rings (SSSR count). The maximum Gasteiger partial charge on any atom is 0.227 e. The highest BCUT2D eigenvalue weighted by Crippen LogP contribution is 2.35. The van der Waals surface area contributed by atoms with E-state index in [4.69, 9.17) is 14.2 Å². The summed E-state index contributed by atoms with van der Waals surface area (Å²) < 4.78 is 17.0. The Bertz CT molecular complexity index is 1070. The first-order valence-corrected chi connectivity index (χ1v) is 9.08. The van der Waals surface area contributed by atoms with Gasteiger partial charge in [0.2, 0.25) is 17.6 Å². The predicted octanol–water partition coefficient (Wildman–Crippen LogP) is 4.92. The molecule has 0 radical (unpaired) electrons. The van der Waals surface area contributed by atoms with Crippen LogP contribution in [0.4, 0.5) is 0 Å². The zero-order chi connectivity index (χ0) is 19.9. The normalized spacial score (nSPS) is 10.4. The molecule has 0 aliphatic carbocycles. The van der Waals surface area contributed by atoms with Crippen LogP contribution in [-0.2, 0) is 6.61 Å². The van der Waals surface area contributed by atoms with Gasteiger partial charge in [0.05, 0.1) is 13.3 Å². The summed E-state index contributed by atoms with van der Waals surface area (Å²) in [6.45, 7) is 0.458. The van der Waals surface area contributed by atoms with Crippen molar-refractivity contribution in [3.05, 3.63) is 90.9 Å². The molecule has 0 N–H and O–H groups in total. The van der Waals surface area contributed by atoms with Crippen LogP contribution in [0.25, 0.3) is 11.1 Å². The Labute approximate surface area is 168 Å². The zero-order valence-corrected chi connectivity index (χ0v) is 15.9. The van der Waals surface area contributed by atoms with Gasteiger partial charge in [-0.15, -0.1) is 0 Å². The van der Waals surface area contributed by atoms with Crippen LogP contribution in [0.1, 0.15) is 5.56 Å². The van der Waals surface area contributed by atoms with Crippen LogP contribution >= 0.6 is 0 Å². The minimum atomic E-state index is 0.443. The Morgan fingerprint density at radius 2 is 1.45 bits per heavy atom. The van der Waals surface area contributed by atoms with Gasteiger partial charge in [-0.1, -0.05) is 30.3 Å². The maximum absolute atomic E-state index is 5.97. The molecule has 0 atom stereocenters. The molecule has 0 unspecified atom stereocenters. The van der Waals surface area contributed by atoms with E-state index in [-0.39, 0.29) is 0 Å². The molecular formula is C23H19N3O3. The Balaban J connectivity index is 1.50. The van der Waals surface area contributed by atoms with Crippen molar-refractivity contribution in [3.8, 4) is 34.5 Å². The Kier molecular flexibility index (Phi) is 5.62. The van der Waals surface area contributed by atoms with Crippen molar-refractivity contribution in [3.63, 3.8) is 0 Å². The molecule has 1 aromatic carbocycles. The standard InChI is InChI=1S/C23H19N3O3/c1-27-22-19(9-5-13-24-22)20-10-6-14-25-23(20)29-18-11-12-21(26-15-18)28-16-17-7-3-2-4-8-17/h2-15H,16H2,1H3. The topological polar surface area (TPSA) is 66.4 Å². The van der Waals surface area contributed by atoms with E-state index in [0.29, 0.717) is 30.0 Å². The molecule has 0 saturated carbocycles. The van der Waals surface area contributed by atoms with E-state index < -0.39 is 0 Å². The first-order chi connectivity index (χ1) is 14.3. The third-order valence-electron chi connectivity index (χ3n) is 4.18. The summed E-state index contributed by atoms with van der Waals surface area (Å²) in [5, 5.41) is 0. The average Bonchev–Trinajstić information content (AvgIpc) is 2.80. The van der Waals surface area contributed by atoms with Crippen molar-refractivity contribution in [2.75, 3.05) is 7.11 Å². The lowest BCUT2D eigenvalue weighted by Crippen LogP contribution is -1.98. The highest BCUT2D eigenvalue weighted by Gasteiger charge is 2.14. The van der Waals surface area contributed by atoms with Gasteiger partial charge in [0, 0.05) is 29.6 Å². The number of nitrogens with zero attached hydrogens (tertiary/aromatic N) is 3. The molecule has 4 aromatic rings. The Morgan fingerprint density at radius 1 is 0.724 bits per heavy atom. The summed E-state index contributed by atoms with van der Waals surface area (Å²) in [5.74, 6) is 2.03. The fraction of sp³-hybridized carbons (Fsp3) is 0.0870. The summed E-state index contributed by atoms with van der Waals surface area (Å²) in [5.41, 5.74) is 2.66. The number of rotatable bonds is 7. The van der Waals surface area contributed by atoms with E-state index >= 15 is 0 Å². The monoisotopic (exact) mass is 385 g/mol. The highest BCUT2D eigenvalue weighted by atomic mass is 16.5. The number of methoxy groups -OCH3 is 1. The van der Waals surface area contributed by atoms with E-state index in [2.05, 4.69) is 15.0 Å². The molecule has 0 spiro atoms. The molecule has 0 fully saturated rings. The van der Waals surface area contributed by atoms with Crippen LogP contribution in [0.15, 0.2) is 85.3 Å². The molecule has 0 aliphatic heterocycles. The first kappa shape index (κ1) is 18.4. The van der Waals surface area contributed by atoms with E-state index in [1.54, 1.807) is 37.8 Å². The minimum Gasteiger partial charge on any atom is -0.481 e. The molecule has 3 aromatic heterocycles. The lowest BCUT2D eigenvalue weighted by atomic mass is 10.1. The number of hydrogen-bond acceptors (Lipinski definition) is 6. The molecule has 0 aliphatic rings. The van der Waals surface area contributed by atoms with Gasteiger partial charge in [0.25, 0.3) is 0 Å². The van der Waals surface area contributed by atoms with Crippen molar-refractivity contribution in [2.45, 2.75) is 6.61 Å². The van der Waals surface area contributed by atoms with E-state index in [1.165, 1.54) is 0 Å². The van der Waals surface area contributed by atoms with Gasteiger partial charge in [-0.3, -0.25) is 0 Å². The minimum absolute atomic E-state index is 0.443.